The Labute approximate surface area is 153 Å². The maximum Gasteiger partial charge on any atom is 0.127 e. The number of hydrogen-bond acceptors (Lipinski definition) is 4. The molecule has 4 nitrogen and oxygen atoms in total. The van der Waals surface area contributed by atoms with E-state index in [9.17, 15) is 5.11 Å². The van der Waals surface area contributed by atoms with Gasteiger partial charge in [-0.15, -0.1) is 6.58 Å². The summed E-state index contributed by atoms with van der Waals surface area (Å²) >= 11 is 5.95. The van der Waals surface area contributed by atoms with E-state index in [1.165, 1.54) is 5.69 Å². The Kier molecular flexibility index (Phi) is 5.61. The van der Waals surface area contributed by atoms with Gasteiger partial charge < -0.3 is 10.0 Å². The molecule has 3 rings (SSSR count). The second-order valence-corrected chi connectivity index (χ2v) is 6.45. The first-order valence-corrected chi connectivity index (χ1v) is 8.76. The first kappa shape index (κ1) is 17.4. The fraction of sp³-hybridized carbons (Fsp3) is 0.250. The van der Waals surface area contributed by atoms with Crippen molar-refractivity contribution in [1.82, 2.24) is 5.01 Å². The molecule has 25 heavy (non-hydrogen) atoms. The van der Waals surface area contributed by atoms with Gasteiger partial charge in [-0.2, -0.15) is 5.10 Å². The largest absolute Gasteiger partial charge is 0.507 e. The maximum absolute atomic E-state index is 10.3. The number of hydrogen-bond donors (Lipinski definition) is 1. The van der Waals surface area contributed by atoms with Crippen molar-refractivity contribution in [2.45, 2.75) is 6.42 Å². The molecule has 0 amide bonds. The zero-order valence-corrected chi connectivity index (χ0v) is 14.9. The van der Waals surface area contributed by atoms with Crippen molar-refractivity contribution in [1.29, 1.82) is 0 Å². The van der Waals surface area contributed by atoms with Crippen molar-refractivity contribution < 1.29 is 5.11 Å². The number of hydrazone groups is 1. The lowest BCUT2D eigenvalue weighted by Gasteiger charge is -2.34. The van der Waals surface area contributed by atoms with Gasteiger partial charge in [-0.05, 0) is 42.3 Å². The lowest BCUT2D eigenvalue weighted by atomic mass is 10.1. The van der Waals surface area contributed by atoms with E-state index in [1.54, 1.807) is 12.3 Å². The minimum Gasteiger partial charge on any atom is -0.507 e. The summed E-state index contributed by atoms with van der Waals surface area (Å²) in [5.74, 6) is 0.283. The Morgan fingerprint density at radius 3 is 2.48 bits per heavy atom. The molecule has 130 valence electrons. The van der Waals surface area contributed by atoms with E-state index in [0.717, 1.165) is 42.3 Å². The average molecular weight is 356 g/mol. The Morgan fingerprint density at radius 1 is 1.08 bits per heavy atom. The zero-order valence-electron chi connectivity index (χ0n) is 14.1. The highest BCUT2D eigenvalue weighted by atomic mass is 35.5. The summed E-state index contributed by atoms with van der Waals surface area (Å²) in [6.45, 7) is 7.21. The van der Waals surface area contributed by atoms with Crippen LogP contribution in [0.3, 0.4) is 0 Å². The van der Waals surface area contributed by atoms with Crippen molar-refractivity contribution >= 4 is 23.5 Å². The van der Waals surface area contributed by atoms with E-state index >= 15 is 0 Å². The highest BCUT2D eigenvalue weighted by Crippen LogP contribution is 2.22. The zero-order chi connectivity index (χ0) is 17.6. The number of nitrogens with zero attached hydrogens (tertiary/aromatic N) is 3. The Bertz CT molecular complexity index is 750. The molecule has 1 aliphatic heterocycles. The number of halogens is 1. The van der Waals surface area contributed by atoms with Gasteiger partial charge in [0.1, 0.15) is 5.75 Å². The van der Waals surface area contributed by atoms with E-state index in [0.29, 0.717) is 6.42 Å². The lowest BCUT2D eigenvalue weighted by molar-refractivity contribution is 0.272. The van der Waals surface area contributed by atoms with Crippen LogP contribution in [0.4, 0.5) is 5.69 Å². The number of rotatable bonds is 5. The topological polar surface area (TPSA) is 39.1 Å². The highest BCUT2D eigenvalue weighted by molar-refractivity contribution is 6.30. The number of piperazine rings is 1. The van der Waals surface area contributed by atoms with E-state index in [1.807, 2.05) is 47.5 Å². The number of phenolic OH excluding ortho intramolecular Hbond substituents is 1. The fourth-order valence-corrected chi connectivity index (χ4v) is 3.03. The lowest BCUT2D eigenvalue weighted by Crippen LogP contribution is -2.44. The molecule has 5 heteroatoms. The summed E-state index contributed by atoms with van der Waals surface area (Å²) in [4.78, 5) is 2.32. The summed E-state index contributed by atoms with van der Waals surface area (Å²) in [6.07, 6.45) is 4.17. The number of phenols is 1. The van der Waals surface area contributed by atoms with Crippen LogP contribution in [0.25, 0.3) is 0 Å². The molecular weight excluding hydrogens is 334 g/mol. The summed E-state index contributed by atoms with van der Waals surface area (Å²) in [6, 6.07) is 13.6. The number of benzene rings is 2. The molecular formula is C20H22ClN3O. The molecule has 0 bridgehead atoms. The third kappa shape index (κ3) is 4.34. The predicted molar refractivity (Wildman–Crippen MR) is 105 cm³/mol. The molecule has 1 aliphatic rings. The van der Waals surface area contributed by atoms with Crippen LogP contribution in [0.15, 0.2) is 60.2 Å². The summed E-state index contributed by atoms with van der Waals surface area (Å²) in [5, 5.41) is 17.6. The van der Waals surface area contributed by atoms with Crippen LogP contribution in [0.5, 0.6) is 5.75 Å². The van der Waals surface area contributed by atoms with Crippen molar-refractivity contribution in [2.24, 2.45) is 5.10 Å². The summed E-state index contributed by atoms with van der Waals surface area (Å²) in [5.41, 5.74) is 2.79. The molecule has 0 aliphatic carbocycles. The highest BCUT2D eigenvalue weighted by Gasteiger charge is 2.15. The molecule has 0 atom stereocenters. The van der Waals surface area contributed by atoms with Crippen LogP contribution in [0.2, 0.25) is 5.02 Å². The van der Waals surface area contributed by atoms with Crippen molar-refractivity contribution in [3.05, 3.63) is 71.3 Å². The van der Waals surface area contributed by atoms with Crippen molar-refractivity contribution in [3.8, 4) is 5.75 Å². The molecule has 2 aromatic carbocycles. The molecule has 0 unspecified atom stereocenters. The normalized spacial score (nSPS) is 14.9. The van der Waals surface area contributed by atoms with Gasteiger partial charge >= 0.3 is 0 Å². The van der Waals surface area contributed by atoms with Crippen LogP contribution >= 0.6 is 11.6 Å². The number of para-hydroxylation sites is 1. The monoisotopic (exact) mass is 355 g/mol. The molecule has 1 heterocycles. The van der Waals surface area contributed by atoms with Gasteiger partial charge in [0.15, 0.2) is 0 Å². The number of anilines is 1. The van der Waals surface area contributed by atoms with Gasteiger partial charge in [-0.3, -0.25) is 5.01 Å². The van der Waals surface area contributed by atoms with Crippen LogP contribution in [0.1, 0.15) is 11.1 Å². The average Bonchev–Trinajstić information content (AvgIpc) is 2.64. The number of allylic oxidation sites excluding steroid dienone is 1. The molecule has 1 fully saturated rings. The van der Waals surface area contributed by atoms with Gasteiger partial charge in [0.25, 0.3) is 0 Å². The SMILES string of the molecule is C=CCc1cccc(/C=N/N2CCN(c3ccc(Cl)cc3)CC2)c1O. The third-order valence-corrected chi connectivity index (χ3v) is 4.57. The van der Waals surface area contributed by atoms with E-state index in [2.05, 4.69) is 16.6 Å². The van der Waals surface area contributed by atoms with E-state index < -0.39 is 0 Å². The molecule has 2 aromatic rings. The van der Waals surface area contributed by atoms with Gasteiger partial charge in [0, 0.05) is 29.4 Å². The van der Waals surface area contributed by atoms with Gasteiger partial charge in [-0.25, -0.2) is 0 Å². The standard InChI is InChI=1S/C20H22ClN3O/c1-2-4-16-5-3-6-17(20(16)25)15-22-24-13-11-23(12-14-24)19-9-7-18(21)8-10-19/h2-3,5-10,15,25H,1,4,11-14H2/b22-15+. The predicted octanol–water partition coefficient (Wildman–Crippen LogP) is 3.93. The Morgan fingerprint density at radius 2 is 1.80 bits per heavy atom. The van der Waals surface area contributed by atoms with E-state index in [4.69, 9.17) is 11.6 Å². The maximum atomic E-state index is 10.3. The fourth-order valence-electron chi connectivity index (χ4n) is 2.90. The molecule has 1 N–H and O–H groups in total. The summed E-state index contributed by atoms with van der Waals surface area (Å²) < 4.78 is 0. The van der Waals surface area contributed by atoms with Crippen LogP contribution in [-0.4, -0.2) is 42.5 Å². The number of aromatic hydroxyl groups is 1. The molecule has 0 aromatic heterocycles. The third-order valence-electron chi connectivity index (χ3n) is 4.32. The minimum absolute atomic E-state index is 0.283. The Balaban J connectivity index is 1.60. The Hall–Kier alpha value is -2.46. The first-order chi connectivity index (χ1) is 12.2. The molecule has 0 radical (unpaired) electrons. The van der Waals surface area contributed by atoms with Crippen molar-refractivity contribution in [3.63, 3.8) is 0 Å². The second-order valence-electron chi connectivity index (χ2n) is 6.01. The minimum atomic E-state index is 0.283. The van der Waals surface area contributed by atoms with Crippen LogP contribution in [-0.2, 0) is 6.42 Å². The van der Waals surface area contributed by atoms with Crippen LogP contribution < -0.4 is 4.90 Å². The molecule has 1 saturated heterocycles. The van der Waals surface area contributed by atoms with Gasteiger partial charge in [0.2, 0.25) is 0 Å². The molecule has 0 saturated carbocycles. The smallest absolute Gasteiger partial charge is 0.127 e. The van der Waals surface area contributed by atoms with E-state index in [-0.39, 0.29) is 5.75 Å². The first-order valence-electron chi connectivity index (χ1n) is 8.38. The van der Waals surface area contributed by atoms with Crippen molar-refractivity contribution in [2.75, 3.05) is 31.1 Å². The second kappa shape index (κ2) is 8.08. The quantitative estimate of drug-likeness (QED) is 0.652. The van der Waals surface area contributed by atoms with Gasteiger partial charge in [-0.1, -0.05) is 29.8 Å². The van der Waals surface area contributed by atoms with Gasteiger partial charge in [0.05, 0.1) is 19.3 Å². The summed E-state index contributed by atoms with van der Waals surface area (Å²) in [7, 11) is 0. The van der Waals surface area contributed by atoms with Crippen LogP contribution in [0, 0.1) is 0 Å². The molecule has 0 spiro atoms.